The number of carbonyl (C=O) groups is 4. The van der Waals surface area contributed by atoms with E-state index in [1.807, 2.05) is 32.1 Å². The Balaban J connectivity index is 1.47. The molecular weight excluding hydrogens is 382 g/mol. The summed E-state index contributed by atoms with van der Waals surface area (Å²) < 4.78 is 5.30. The van der Waals surface area contributed by atoms with E-state index in [1.54, 1.807) is 26.0 Å². The van der Waals surface area contributed by atoms with Crippen LogP contribution in [0.2, 0.25) is 0 Å². The number of ether oxygens (including phenoxy) is 1. The lowest BCUT2D eigenvalue weighted by Crippen LogP contribution is -2.50. The Bertz CT molecular complexity index is 932. The number of imide groups is 1. The number of hydrogen-bond donors (Lipinski definition) is 0. The first-order chi connectivity index (χ1) is 14.2. The van der Waals surface area contributed by atoms with Crippen molar-refractivity contribution in [1.82, 2.24) is 4.90 Å². The number of allylic oxidation sites excluding steroid dienone is 2. The van der Waals surface area contributed by atoms with Crippen molar-refractivity contribution < 1.29 is 23.9 Å². The van der Waals surface area contributed by atoms with Gasteiger partial charge in [-0.3, -0.25) is 19.3 Å². The molecule has 0 radical (unpaired) electrons. The Labute approximate surface area is 176 Å². The van der Waals surface area contributed by atoms with Gasteiger partial charge in [0.05, 0.1) is 11.8 Å². The molecule has 1 aromatic rings. The van der Waals surface area contributed by atoms with Crippen molar-refractivity contribution in [1.29, 1.82) is 0 Å². The number of hydrogen-bond acceptors (Lipinski definition) is 5. The van der Waals surface area contributed by atoms with Gasteiger partial charge in [0.15, 0.2) is 12.4 Å². The van der Waals surface area contributed by atoms with Gasteiger partial charge in [-0.1, -0.05) is 38.1 Å². The minimum Gasteiger partial charge on any atom is -0.456 e. The smallest absolute Gasteiger partial charge is 0.330 e. The fourth-order valence-electron chi connectivity index (χ4n) is 5.10. The van der Waals surface area contributed by atoms with Crippen molar-refractivity contribution in [3.05, 3.63) is 47.0 Å². The molecule has 0 spiro atoms. The fourth-order valence-corrected chi connectivity index (χ4v) is 5.10. The molecule has 0 aromatic heterocycles. The molecule has 30 heavy (non-hydrogen) atoms. The number of fused-ring (bicyclic) bond motifs is 5. The quantitative estimate of drug-likeness (QED) is 0.312. The zero-order valence-corrected chi connectivity index (χ0v) is 17.8. The SMILES string of the molecule is Cc1ccc(C(=O)COC(=O)[C@@H](C(C)C)N2C(=O)[C@@H]3[C@H](C2=O)[C@H]2C=C[C@@H]3C2)cc1C. The third-order valence-corrected chi connectivity index (χ3v) is 6.83. The number of benzene rings is 1. The monoisotopic (exact) mass is 409 g/mol. The molecule has 2 bridgehead atoms. The first kappa shape index (κ1) is 20.5. The van der Waals surface area contributed by atoms with Crippen LogP contribution in [0.15, 0.2) is 30.4 Å². The van der Waals surface area contributed by atoms with Gasteiger partial charge in [-0.15, -0.1) is 0 Å². The summed E-state index contributed by atoms with van der Waals surface area (Å²) in [4.78, 5) is 52.6. The van der Waals surface area contributed by atoms with Crippen LogP contribution in [-0.4, -0.2) is 41.1 Å². The number of aryl methyl sites for hydroxylation is 2. The lowest BCUT2D eigenvalue weighted by atomic mass is 9.85. The van der Waals surface area contributed by atoms with E-state index < -0.39 is 18.6 Å². The molecule has 1 aliphatic heterocycles. The highest BCUT2D eigenvalue weighted by Gasteiger charge is 2.61. The van der Waals surface area contributed by atoms with Gasteiger partial charge < -0.3 is 4.74 Å². The van der Waals surface area contributed by atoms with Crippen LogP contribution in [0.4, 0.5) is 0 Å². The summed E-state index contributed by atoms with van der Waals surface area (Å²) in [5.74, 6) is -2.45. The molecule has 5 atom stereocenters. The molecule has 1 heterocycles. The normalized spacial score (nSPS) is 27.7. The summed E-state index contributed by atoms with van der Waals surface area (Å²) >= 11 is 0. The topological polar surface area (TPSA) is 80.8 Å². The maximum absolute atomic E-state index is 13.1. The number of rotatable bonds is 6. The molecule has 2 fully saturated rings. The molecule has 6 nitrogen and oxygen atoms in total. The van der Waals surface area contributed by atoms with Crippen LogP contribution in [0, 0.1) is 43.4 Å². The highest BCUT2D eigenvalue weighted by Crippen LogP contribution is 2.53. The van der Waals surface area contributed by atoms with Gasteiger partial charge >= 0.3 is 5.97 Å². The predicted molar refractivity (Wildman–Crippen MR) is 109 cm³/mol. The second kappa shape index (κ2) is 7.49. The number of Topliss-reactive ketones (excluding diaryl/α,β-unsaturated/α-hetero) is 1. The lowest BCUT2D eigenvalue weighted by molar-refractivity contribution is -0.160. The Kier molecular flexibility index (Phi) is 5.12. The highest BCUT2D eigenvalue weighted by atomic mass is 16.5. The van der Waals surface area contributed by atoms with Crippen molar-refractivity contribution in [2.24, 2.45) is 29.6 Å². The average molecular weight is 409 g/mol. The minimum absolute atomic E-state index is 0.0802. The molecule has 0 N–H and O–H groups in total. The predicted octanol–water partition coefficient (Wildman–Crippen LogP) is 2.86. The molecule has 1 saturated heterocycles. The Morgan fingerprint density at radius 2 is 1.63 bits per heavy atom. The molecule has 0 unspecified atom stereocenters. The number of nitrogens with zero attached hydrogens (tertiary/aromatic N) is 1. The number of ketones is 1. The molecular formula is C24H27NO5. The molecule has 158 valence electrons. The Morgan fingerprint density at radius 1 is 1.03 bits per heavy atom. The van der Waals surface area contributed by atoms with Gasteiger partial charge in [-0.05, 0) is 55.2 Å². The van der Waals surface area contributed by atoms with E-state index in [2.05, 4.69) is 0 Å². The minimum atomic E-state index is -1.01. The second-order valence-electron chi connectivity index (χ2n) is 9.07. The van der Waals surface area contributed by atoms with Crippen molar-refractivity contribution >= 4 is 23.6 Å². The molecule has 1 saturated carbocycles. The maximum Gasteiger partial charge on any atom is 0.330 e. The van der Waals surface area contributed by atoms with E-state index in [-0.39, 0.29) is 47.2 Å². The van der Waals surface area contributed by atoms with E-state index in [1.165, 1.54) is 0 Å². The lowest BCUT2D eigenvalue weighted by Gasteiger charge is -2.28. The van der Waals surface area contributed by atoms with E-state index in [0.717, 1.165) is 22.4 Å². The van der Waals surface area contributed by atoms with Gasteiger partial charge in [-0.2, -0.15) is 0 Å². The largest absolute Gasteiger partial charge is 0.456 e. The van der Waals surface area contributed by atoms with Gasteiger partial charge in [0.2, 0.25) is 11.8 Å². The van der Waals surface area contributed by atoms with Gasteiger partial charge in [-0.25, -0.2) is 4.79 Å². The van der Waals surface area contributed by atoms with E-state index in [9.17, 15) is 19.2 Å². The standard InChI is InChI=1S/C24H27NO5/c1-12(2)21(24(29)30-11-18(26)15-6-5-13(3)14(4)9-15)25-22(27)19-16-7-8-17(10-16)20(19)23(25)28/h5-9,12,16-17,19-21H,10-11H2,1-4H3/t16-,17+,19+,20-,21-/m1/s1. The molecule has 1 aromatic carbocycles. The van der Waals surface area contributed by atoms with Crippen LogP contribution >= 0.6 is 0 Å². The summed E-state index contributed by atoms with van der Waals surface area (Å²) in [7, 11) is 0. The van der Waals surface area contributed by atoms with Crippen molar-refractivity contribution in [2.75, 3.05) is 6.61 Å². The Morgan fingerprint density at radius 3 is 2.17 bits per heavy atom. The van der Waals surface area contributed by atoms with Crippen LogP contribution in [0.3, 0.4) is 0 Å². The molecule has 3 aliphatic rings. The Hall–Kier alpha value is -2.76. The summed E-state index contributed by atoms with van der Waals surface area (Å²) in [6, 6.07) is 4.31. The first-order valence-corrected chi connectivity index (χ1v) is 10.5. The summed E-state index contributed by atoms with van der Waals surface area (Å²) in [6.07, 6.45) is 4.87. The summed E-state index contributed by atoms with van der Waals surface area (Å²) in [5.41, 5.74) is 2.52. The fraction of sp³-hybridized carbons (Fsp3) is 0.500. The third-order valence-electron chi connectivity index (χ3n) is 6.83. The maximum atomic E-state index is 13.1. The number of carbonyl (C=O) groups excluding carboxylic acids is 4. The van der Waals surface area contributed by atoms with Crippen molar-refractivity contribution in [3.8, 4) is 0 Å². The van der Waals surface area contributed by atoms with Gasteiger partial charge in [0.1, 0.15) is 6.04 Å². The number of esters is 1. The third kappa shape index (κ3) is 3.18. The number of amides is 2. The van der Waals surface area contributed by atoms with E-state index in [0.29, 0.717) is 5.56 Å². The van der Waals surface area contributed by atoms with Crippen LogP contribution in [0.5, 0.6) is 0 Å². The molecule has 2 aliphatic carbocycles. The highest BCUT2D eigenvalue weighted by molar-refractivity contribution is 6.09. The van der Waals surface area contributed by atoms with Crippen molar-refractivity contribution in [2.45, 2.75) is 40.2 Å². The van der Waals surface area contributed by atoms with Crippen LogP contribution in [0.25, 0.3) is 0 Å². The average Bonchev–Trinajstić information content (AvgIpc) is 3.38. The van der Waals surface area contributed by atoms with E-state index in [4.69, 9.17) is 4.74 Å². The van der Waals surface area contributed by atoms with E-state index >= 15 is 0 Å². The van der Waals surface area contributed by atoms with Crippen LogP contribution < -0.4 is 0 Å². The second-order valence-corrected chi connectivity index (χ2v) is 9.07. The summed E-state index contributed by atoms with van der Waals surface area (Å²) in [5, 5.41) is 0. The molecule has 6 heteroatoms. The zero-order valence-electron chi connectivity index (χ0n) is 17.8. The van der Waals surface area contributed by atoms with Gasteiger partial charge in [0.25, 0.3) is 0 Å². The number of likely N-dealkylation sites (tertiary alicyclic amines) is 1. The molecule has 2 amide bonds. The van der Waals surface area contributed by atoms with Crippen LogP contribution in [0.1, 0.15) is 41.8 Å². The van der Waals surface area contributed by atoms with Gasteiger partial charge in [0, 0.05) is 5.56 Å². The molecule has 4 rings (SSSR count). The van der Waals surface area contributed by atoms with Crippen molar-refractivity contribution in [3.63, 3.8) is 0 Å². The first-order valence-electron chi connectivity index (χ1n) is 10.5. The zero-order chi connectivity index (χ0) is 21.7. The van der Waals surface area contributed by atoms with Crippen LogP contribution in [-0.2, 0) is 19.1 Å². The summed E-state index contributed by atoms with van der Waals surface area (Å²) in [6.45, 7) is 7.01.